The van der Waals surface area contributed by atoms with Crippen LogP contribution in [0.1, 0.15) is 45.2 Å². The zero-order valence-corrected chi connectivity index (χ0v) is 20.9. The molecular formula is C25H35N7O4. The number of para-hydroxylation sites is 1. The minimum atomic E-state index is -0.524. The molecule has 11 nitrogen and oxygen atoms in total. The highest BCUT2D eigenvalue weighted by atomic mass is 16.3. The van der Waals surface area contributed by atoms with Crippen LogP contribution >= 0.6 is 0 Å². The third kappa shape index (κ3) is 6.67. The molecule has 1 fully saturated rings. The van der Waals surface area contributed by atoms with Crippen LogP contribution in [0.25, 0.3) is 10.9 Å². The second kappa shape index (κ2) is 11.6. The predicted octanol–water partition coefficient (Wildman–Crippen LogP) is 0.859. The minimum Gasteiger partial charge on any atom is -0.393 e. The van der Waals surface area contributed by atoms with E-state index in [1.807, 2.05) is 6.20 Å². The number of piperidine rings is 1. The summed E-state index contributed by atoms with van der Waals surface area (Å²) in [6.07, 6.45) is 4.13. The van der Waals surface area contributed by atoms with Gasteiger partial charge in [0.25, 0.3) is 5.56 Å². The number of hydrogen-bond acceptors (Lipinski definition) is 7. The molecule has 194 valence electrons. The molecule has 11 heteroatoms. The van der Waals surface area contributed by atoms with E-state index in [-0.39, 0.29) is 31.0 Å². The Morgan fingerprint density at radius 2 is 1.97 bits per heavy atom. The predicted molar refractivity (Wildman–Crippen MR) is 135 cm³/mol. The van der Waals surface area contributed by atoms with Crippen molar-refractivity contribution >= 4 is 16.8 Å². The number of aromatic nitrogens is 5. The zero-order valence-electron chi connectivity index (χ0n) is 20.9. The zero-order chi connectivity index (χ0) is 25.7. The summed E-state index contributed by atoms with van der Waals surface area (Å²) < 4.78 is 3.19. The van der Waals surface area contributed by atoms with Crippen LogP contribution in [0.15, 0.2) is 40.1 Å². The van der Waals surface area contributed by atoms with Gasteiger partial charge in [0, 0.05) is 44.8 Å². The smallest absolute Gasteiger partial charge is 0.328 e. The largest absolute Gasteiger partial charge is 0.393 e. The molecule has 0 aliphatic carbocycles. The number of likely N-dealkylation sites (tertiary alicyclic amines) is 1. The summed E-state index contributed by atoms with van der Waals surface area (Å²) in [5, 5.41) is 21.7. The van der Waals surface area contributed by atoms with Crippen molar-refractivity contribution in [2.45, 2.75) is 71.3 Å². The fraction of sp³-hybridized carbons (Fsp3) is 0.560. The van der Waals surface area contributed by atoms with Crippen molar-refractivity contribution in [1.82, 2.24) is 34.8 Å². The summed E-state index contributed by atoms with van der Waals surface area (Å²) in [7, 11) is 0. The fourth-order valence-electron chi connectivity index (χ4n) is 4.76. The number of nitrogens with zero attached hydrogens (tertiary/aromatic N) is 5. The van der Waals surface area contributed by atoms with Crippen LogP contribution in [0, 0.1) is 5.92 Å². The molecule has 36 heavy (non-hydrogen) atoms. The lowest BCUT2D eigenvalue weighted by Gasteiger charge is -2.28. The fourth-order valence-corrected chi connectivity index (χ4v) is 4.76. The second-order valence-corrected chi connectivity index (χ2v) is 10.0. The molecule has 1 atom stereocenters. The molecule has 0 saturated carbocycles. The standard InChI is InChI=1S/C25H35N7O4/c1-17(2)13-18(15-31-16-19(28-29-31)14-30-10-7-20(33)8-11-30)26-23(34)9-12-32-22-6-4-3-5-21(22)24(35)27-25(32)36/h3-6,16-18,20,33H,7-15H2,1-2H3,(H,26,34)(H,27,35,36)/t18-/m0/s1. The van der Waals surface area contributed by atoms with Crippen molar-refractivity contribution < 1.29 is 9.90 Å². The minimum absolute atomic E-state index is 0.105. The highest BCUT2D eigenvalue weighted by molar-refractivity contribution is 5.79. The summed E-state index contributed by atoms with van der Waals surface area (Å²) >= 11 is 0. The van der Waals surface area contributed by atoms with Crippen molar-refractivity contribution in [3.63, 3.8) is 0 Å². The van der Waals surface area contributed by atoms with E-state index in [0.717, 1.165) is 38.0 Å². The number of aromatic amines is 1. The van der Waals surface area contributed by atoms with Gasteiger partial charge in [-0.25, -0.2) is 4.79 Å². The molecular weight excluding hydrogens is 462 g/mol. The Morgan fingerprint density at radius 1 is 1.22 bits per heavy atom. The SMILES string of the molecule is CC(C)C[C@@H](Cn1cc(CN2CCC(O)CC2)nn1)NC(=O)CCn1c(=O)[nH]c(=O)c2ccccc21. The van der Waals surface area contributed by atoms with Crippen molar-refractivity contribution in [3.05, 3.63) is 57.0 Å². The van der Waals surface area contributed by atoms with E-state index in [1.54, 1.807) is 28.9 Å². The first kappa shape index (κ1) is 25.8. The Hall–Kier alpha value is -3.31. The topological polar surface area (TPSA) is 138 Å². The summed E-state index contributed by atoms with van der Waals surface area (Å²) in [5.74, 6) is 0.193. The lowest BCUT2D eigenvalue weighted by molar-refractivity contribution is -0.122. The average Bonchev–Trinajstić information content (AvgIpc) is 3.26. The molecule has 0 spiro atoms. The number of carbonyl (C=O) groups excluding carboxylic acids is 1. The molecule has 1 aliphatic rings. The van der Waals surface area contributed by atoms with E-state index in [2.05, 4.69) is 39.4 Å². The number of amides is 1. The highest BCUT2D eigenvalue weighted by Crippen LogP contribution is 2.13. The van der Waals surface area contributed by atoms with Gasteiger partial charge in [-0.3, -0.25) is 28.7 Å². The maximum absolute atomic E-state index is 12.8. The van der Waals surface area contributed by atoms with E-state index >= 15 is 0 Å². The number of fused-ring (bicyclic) bond motifs is 1. The number of H-pyrrole nitrogens is 1. The maximum atomic E-state index is 12.8. The van der Waals surface area contributed by atoms with Crippen molar-refractivity contribution in [1.29, 1.82) is 0 Å². The lowest BCUT2D eigenvalue weighted by atomic mass is 10.0. The van der Waals surface area contributed by atoms with E-state index in [0.29, 0.717) is 29.9 Å². The number of carbonyl (C=O) groups is 1. The van der Waals surface area contributed by atoms with Gasteiger partial charge in [-0.05, 0) is 37.3 Å². The van der Waals surface area contributed by atoms with Gasteiger partial charge < -0.3 is 10.4 Å². The van der Waals surface area contributed by atoms with Crippen molar-refractivity contribution in [2.75, 3.05) is 13.1 Å². The molecule has 1 amide bonds. The van der Waals surface area contributed by atoms with Crippen molar-refractivity contribution in [3.8, 4) is 0 Å². The van der Waals surface area contributed by atoms with E-state index in [1.165, 1.54) is 4.57 Å². The molecule has 4 rings (SSSR count). The number of rotatable bonds is 10. The number of nitrogens with one attached hydrogen (secondary N) is 2. The van der Waals surface area contributed by atoms with Gasteiger partial charge in [0.2, 0.25) is 5.91 Å². The van der Waals surface area contributed by atoms with Crippen molar-refractivity contribution in [2.24, 2.45) is 5.92 Å². The van der Waals surface area contributed by atoms with Gasteiger partial charge in [-0.1, -0.05) is 31.2 Å². The molecule has 3 aromatic rings. The quantitative estimate of drug-likeness (QED) is 0.378. The summed E-state index contributed by atoms with van der Waals surface area (Å²) in [5.41, 5.74) is 0.420. The molecule has 2 aromatic heterocycles. The molecule has 1 aromatic carbocycles. The maximum Gasteiger partial charge on any atom is 0.328 e. The Morgan fingerprint density at radius 3 is 2.72 bits per heavy atom. The van der Waals surface area contributed by atoms with Crippen LogP contribution in [0.4, 0.5) is 0 Å². The Labute approximate surface area is 209 Å². The third-order valence-electron chi connectivity index (χ3n) is 6.52. The van der Waals surface area contributed by atoms with Gasteiger partial charge in [0.05, 0.1) is 29.2 Å². The first-order chi connectivity index (χ1) is 17.3. The Kier molecular flexibility index (Phi) is 8.32. The number of benzene rings is 1. The van der Waals surface area contributed by atoms with Crippen LogP contribution in [-0.2, 0) is 24.4 Å². The molecule has 1 aliphatic heterocycles. The van der Waals surface area contributed by atoms with Gasteiger partial charge >= 0.3 is 5.69 Å². The van der Waals surface area contributed by atoms with E-state index in [4.69, 9.17) is 0 Å². The Balaban J connectivity index is 1.36. The van der Waals surface area contributed by atoms with Crippen LogP contribution in [-0.4, -0.2) is 65.7 Å². The highest BCUT2D eigenvalue weighted by Gasteiger charge is 2.20. The number of aliphatic hydroxyl groups is 1. The van der Waals surface area contributed by atoms with Gasteiger partial charge in [0.1, 0.15) is 0 Å². The second-order valence-electron chi connectivity index (χ2n) is 10.0. The van der Waals surface area contributed by atoms with Gasteiger partial charge in [0.15, 0.2) is 0 Å². The molecule has 0 radical (unpaired) electrons. The van der Waals surface area contributed by atoms with Crippen LogP contribution < -0.4 is 16.6 Å². The average molecular weight is 498 g/mol. The van der Waals surface area contributed by atoms with E-state index in [9.17, 15) is 19.5 Å². The number of aryl methyl sites for hydroxylation is 1. The lowest BCUT2D eigenvalue weighted by Crippen LogP contribution is -2.40. The normalized spacial score (nSPS) is 16.0. The monoisotopic (exact) mass is 497 g/mol. The van der Waals surface area contributed by atoms with Gasteiger partial charge in [-0.2, -0.15) is 0 Å². The summed E-state index contributed by atoms with van der Waals surface area (Å²) in [6.45, 7) is 7.23. The number of hydrogen-bond donors (Lipinski definition) is 3. The van der Waals surface area contributed by atoms with Crippen LogP contribution in [0.5, 0.6) is 0 Å². The number of aliphatic hydroxyl groups excluding tert-OH is 1. The van der Waals surface area contributed by atoms with Crippen LogP contribution in [0.3, 0.4) is 0 Å². The van der Waals surface area contributed by atoms with E-state index < -0.39 is 11.2 Å². The molecule has 0 bridgehead atoms. The summed E-state index contributed by atoms with van der Waals surface area (Å²) in [6, 6.07) is 6.73. The van der Waals surface area contributed by atoms with Gasteiger partial charge in [-0.15, -0.1) is 5.10 Å². The molecule has 3 N–H and O–H groups in total. The van der Waals surface area contributed by atoms with Crippen LogP contribution in [0.2, 0.25) is 0 Å². The third-order valence-corrected chi connectivity index (χ3v) is 6.52. The molecule has 3 heterocycles. The first-order valence-corrected chi connectivity index (χ1v) is 12.6. The molecule has 1 saturated heterocycles. The Bertz CT molecular complexity index is 1290. The molecule has 0 unspecified atom stereocenters. The summed E-state index contributed by atoms with van der Waals surface area (Å²) in [4.78, 5) is 41.9. The first-order valence-electron chi connectivity index (χ1n) is 12.6.